The van der Waals surface area contributed by atoms with Crippen molar-refractivity contribution in [2.24, 2.45) is 11.7 Å². The molecule has 1 atom stereocenters. The van der Waals surface area contributed by atoms with Gasteiger partial charge in [-0.3, -0.25) is 9.69 Å². The standard InChI is InChI=1S/C16H25N3O/c1-12(2)10-19(11-16(17)20)15-7-8-18-9-13-5-3-4-6-14(13)15/h3-6,12,15,18H,7-11H2,1-2H3,(H2,17,20). The molecule has 0 saturated heterocycles. The Labute approximate surface area is 121 Å². The molecule has 4 nitrogen and oxygen atoms in total. The molecular weight excluding hydrogens is 250 g/mol. The van der Waals surface area contributed by atoms with Crippen LogP contribution in [0.2, 0.25) is 0 Å². The quantitative estimate of drug-likeness (QED) is 0.859. The van der Waals surface area contributed by atoms with E-state index in [-0.39, 0.29) is 11.9 Å². The van der Waals surface area contributed by atoms with E-state index in [1.165, 1.54) is 11.1 Å². The first kappa shape index (κ1) is 15.0. The third-order valence-corrected chi connectivity index (χ3v) is 3.72. The van der Waals surface area contributed by atoms with Crippen LogP contribution in [-0.4, -0.2) is 30.4 Å². The summed E-state index contributed by atoms with van der Waals surface area (Å²) in [5, 5.41) is 3.45. The van der Waals surface area contributed by atoms with E-state index in [0.29, 0.717) is 12.5 Å². The van der Waals surface area contributed by atoms with Gasteiger partial charge in [0.2, 0.25) is 5.91 Å². The van der Waals surface area contributed by atoms with Crippen LogP contribution in [0.4, 0.5) is 0 Å². The number of nitrogens with zero attached hydrogens (tertiary/aromatic N) is 1. The largest absolute Gasteiger partial charge is 0.369 e. The molecule has 1 aromatic carbocycles. The molecule has 2 rings (SSSR count). The molecule has 1 unspecified atom stereocenters. The Kier molecular flexibility index (Phi) is 5.15. The molecular formula is C16H25N3O. The SMILES string of the molecule is CC(C)CN(CC(N)=O)C1CCNCc2ccccc21. The Morgan fingerprint density at radius 3 is 2.90 bits per heavy atom. The molecule has 1 amide bonds. The number of benzene rings is 1. The lowest BCUT2D eigenvalue weighted by Gasteiger charge is -2.32. The van der Waals surface area contributed by atoms with Crippen LogP contribution in [0.5, 0.6) is 0 Å². The van der Waals surface area contributed by atoms with E-state index in [9.17, 15) is 4.79 Å². The van der Waals surface area contributed by atoms with Crippen LogP contribution in [0.1, 0.15) is 37.4 Å². The maximum Gasteiger partial charge on any atom is 0.231 e. The van der Waals surface area contributed by atoms with Crippen LogP contribution in [-0.2, 0) is 11.3 Å². The van der Waals surface area contributed by atoms with E-state index >= 15 is 0 Å². The third-order valence-electron chi connectivity index (χ3n) is 3.72. The summed E-state index contributed by atoms with van der Waals surface area (Å²) in [4.78, 5) is 13.6. The van der Waals surface area contributed by atoms with Crippen molar-refractivity contribution in [2.75, 3.05) is 19.6 Å². The van der Waals surface area contributed by atoms with Gasteiger partial charge in [0.15, 0.2) is 0 Å². The van der Waals surface area contributed by atoms with Gasteiger partial charge in [-0.15, -0.1) is 0 Å². The van der Waals surface area contributed by atoms with Gasteiger partial charge in [0.05, 0.1) is 6.54 Å². The van der Waals surface area contributed by atoms with Gasteiger partial charge in [0, 0.05) is 19.1 Å². The number of carbonyl (C=O) groups excluding carboxylic acids is 1. The highest BCUT2D eigenvalue weighted by atomic mass is 16.1. The van der Waals surface area contributed by atoms with Crippen LogP contribution >= 0.6 is 0 Å². The van der Waals surface area contributed by atoms with Crippen LogP contribution in [0.15, 0.2) is 24.3 Å². The van der Waals surface area contributed by atoms with Crippen molar-refractivity contribution in [2.45, 2.75) is 32.9 Å². The highest BCUT2D eigenvalue weighted by Gasteiger charge is 2.25. The Morgan fingerprint density at radius 1 is 1.45 bits per heavy atom. The van der Waals surface area contributed by atoms with Gasteiger partial charge in [-0.1, -0.05) is 38.1 Å². The van der Waals surface area contributed by atoms with Gasteiger partial charge in [-0.25, -0.2) is 0 Å². The first-order chi connectivity index (χ1) is 9.58. The molecule has 1 aliphatic heterocycles. The number of nitrogens with two attached hydrogens (primary N) is 1. The zero-order valence-corrected chi connectivity index (χ0v) is 12.4. The van der Waals surface area contributed by atoms with E-state index in [1.807, 2.05) is 0 Å². The minimum absolute atomic E-state index is 0.250. The average Bonchev–Trinajstić information content (AvgIpc) is 2.59. The van der Waals surface area contributed by atoms with Crippen molar-refractivity contribution in [1.82, 2.24) is 10.2 Å². The Bertz CT molecular complexity index is 459. The van der Waals surface area contributed by atoms with Crippen molar-refractivity contribution in [3.05, 3.63) is 35.4 Å². The van der Waals surface area contributed by atoms with E-state index in [4.69, 9.17) is 5.73 Å². The third kappa shape index (κ3) is 3.81. The minimum Gasteiger partial charge on any atom is -0.369 e. The highest BCUT2D eigenvalue weighted by molar-refractivity contribution is 5.76. The molecule has 0 spiro atoms. The molecule has 0 bridgehead atoms. The molecule has 0 aromatic heterocycles. The lowest BCUT2D eigenvalue weighted by atomic mass is 9.97. The summed E-state index contributed by atoms with van der Waals surface area (Å²) in [6, 6.07) is 8.77. The Morgan fingerprint density at radius 2 is 2.20 bits per heavy atom. The second kappa shape index (κ2) is 6.86. The minimum atomic E-state index is -0.250. The first-order valence-electron chi connectivity index (χ1n) is 7.38. The van der Waals surface area contributed by atoms with Gasteiger partial charge < -0.3 is 11.1 Å². The maximum atomic E-state index is 11.4. The lowest BCUT2D eigenvalue weighted by Crippen LogP contribution is -2.39. The predicted octanol–water partition coefficient (Wildman–Crippen LogP) is 1.66. The van der Waals surface area contributed by atoms with E-state index in [2.05, 4.69) is 48.3 Å². The molecule has 3 N–H and O–H groups in total. The number of amides is 1. The molecule has 0 fully saturated rings. The number of fused-ring (bicyclic) bond motifs is 1. The molecule has 1 aliphatic rings. The summed E-state index contributed by atoms with van der Waals surface area (Å²) in [6.07, 6.45) is 1.01. The topological polar surface area (TPSA) is 58.4 Å². The van der Waals surface area contributed by atoms with Gasteiger partial charge >= 0.3 is 0 Å². The fourth-order valence-corrected chi connectivity index (χ4v) is 2.99. The van der Waals surface area contributed by atoms with Gasteiger partial charge in [-0.2, -0.15) is 0 Å². The van der Waals surface area contributed by atoms with Crippen LogP contribution in [0.25, 0.3) is 0 Å². The normalized spacial score (nSPS) is 18.9. The Hall–Kier alpha value is -1.39. The summed E-state index contributed by atoms with van der Waals surface area (Å²) < 4.78 is 0. The summed E-state index contributed by atoms with van der Waals surface area (Å²) in [5.74, 6) is 0.262. The molecule has 110 valence electrons. The number of hydrogen-bond acceptors (Lipinski definition) is 3. The second-order valence-corrected chi connectivity index (χ2v) is 5.97. The van der Waals surface area contributed by atoms with E-state index in [0.717, 1.165) is 26.1 Å². The monoisotopic (exact) mass is 275 g/mol. The van der Waals surface area contributed by atoms with Crippen LogP contribution in [0.3, 0.4) is 0 Å². The molecule has 1 aromatic rings. The maximum absolute atomic E-state index is 11.4. The number of primary amides is 1. The Balaban J connectivity index is 2.28. The fraction of sp³-hybridized carbons (Fsp3) is 0.562. The molecule has 20 heavy (non-hydrogen) atoms. The molecule has 1 heterocycles. The zero-order chi connectivity index (χ0) is 14.5. The predicted molar refractivity (Wildman–Crippen MR) is 81.1 cm³/mol. The number of hydrogen-bond donors (Lipinski definition) is 2. The summed E-state index contributed by atoms with van der Waals surface area (Å²) >= 11 is 0. The van der Waals surface area contributed by atoms with Crippen molar-refractivity contribution >= 4 is 5.91 Å². The average molecular weight is 275 g/mol. The van der Waals surface area contributed by atoms with Crippen molar-refractivity contribution in [3.63, 3.8) is 0 Å². The van der Waals surface area contributed by atoms with Crippen LogP contribution < -0.4 is 11.1 Å². The molecule has 0 saturated carbocycles. The van der Waals surface area contributed by atoms with Gasteiger partial charge in [0.1, 0.15) is 0 Å². The molecule has 4 heteroatoms. The summed E-state index contributed by atoms with van der Waals surface area (Å²) in [5.41, 5.74) is 8.10. The van der Waals surface area contributed by atoms with Gasteiger partial charge in [-0.05, 0) is 30.0 Å². The number of rotatable bonds is 5. The molecule has 0 radical (unpaired) electrons. The smallest absolute Gasteiger partial charge is 0.231 e. The van der Waals surface area contributed by atoms with Gasteiger partial charge in [0.25, 0.3) is 0 Å². The lowest BCUT2D eigenvalue weighted by molar-refractivity contribution is -0.119. The fourth-order valence-electron chi connectivity index (χ4n) is 2.99. The molecule has 0 aliphatic carbocycles. The van der Waals surface area contributed by atoms with E-state index < -0.39 is 0 Å². The van der Waals surface area contributed by atoms with Crippen molar-refractivity contribution in [1.29, 1.82) is 0 Å². The number of carbonyl (C=O) groups is 1. The summed E-state index contributed by atoms with van der Waals surface area (Å²) in [6.45, 7) is 7.44. The van der Waals surface area contributed by atoms with E-state index in [1.54, 1.807) is 0 Å². The van der Waals surface area contributed by atoms with Crippen molar-refractivity contribution in [3.8, 4) is 0 Å². The first-order valence-corrected chi connectivity index (χ1v) is 7.38. The van der Waals surface area contributed by atoms with Crippen LogP contribution in [0, 0.1) is 5.92 Å². The second-order valence-electron chi connectivity index (χ2n) is 5.97. The van der Waals surface area contributed by atoms with Crippen molar-refractivity contribution < 1.29 is 4.79 Å². The highest BCUT2D eigenvalue weighted by Crippen LogP contribution is 2.29. The zero-order valence-electron chi connectivity index (χ0n) is 12.4. The number of nitrogens with one attached hydrogen (secondary N) is 1. The summed E-state index contributed by atoms with van der Waals surface area (Å²) in [7, 11) is 0.